The van der Waals surface area contributed by atoms with E-state index in [1.165, 1.54) is 0 Å². The van der Waals surface area contributed by atoms with Crippen molar-refractivity contribution in [3.05, 3.63) is 53.2 Å². The third-order valence-corrected chi connectivity index (χ3v) is 3.81. The molecule has 0 radical (unpaired) electrons. The fourth-order valence-electron chi connectivity index (χ4n) is 2.01. The van der Waals surface area contributed by atoms with Crippen molar-refractivity contribution in [3.8, 4) is 11.4 Å². The molecule has 0 aliphatic carbocycles. The zero-order valence-electron chi connectivity index (χ0n) is 11.8. The van der Waals surface area contributed by atoms with Crippen LogP contribution in [0.4, 0.5) is 0 Å². The van der Waals surface area contributed by atoms with Gasteiger partial charge in [0, 0.05) is 25.1 Å². The lowest BCUT2D eigenvalue weighted by Gasteiger charge is -2.04. The minimum atomic E-state index is 0.0275. The maximum absolute atomic E-state index is 11.8. The van der Waals surface area contributed by atoms with E-state index in [1.54, 1.807) is 34.6 Å². The normalized spacial score (nSPS) is 10.5. The molecule has 1 N–H and O–H groups in total. The Balaban J connectivity index is 1.48. The van der Waals surface area contributed by atoms with Gasteiger partial charge in [0.2, 0.25) is 5.91 Å². The predicted octanol–water partition coefficient (Wildman–Crippen LogP) is 1.76. The quantitative estimate of drug-likeness (QED) is 0.752. The summed E-state index contributed by atoms with van der Waals surface area (Å²) in [6, 6.07) is 3.85. The first kappa shape index (κ1) is 14.4. The summed E-state index contributed by atoms with van der Waals surface area (Å²) in [7, 11) is 0. The maximum Gasteiger partial charge on any atom is 0.224 e. The highest BCUT2D eigenvalue weighted by molar-refractivity contribution is 7.07. The van der Waals surface area contributed by atoms with Gasteiger partial charge in [0.15, 0.2) is 0 Å². The second-order valence-electron chi connectivity index (χ2n) is 4.71. The molecule has 0 aliphatic rings. The van der Waals surface area contributed by atoms with E-state index >= 15 is 0 Å². The van der Waals surface area contributed by atoms with Gasteiger partial charge in [-0.2, -0.15) is 16.4 Å². The fraction of sp³-hybridized carbons (Fsp3) is 0.200. The smallest absolute Gasteiger partial charge is 0.224 e. The van der Waals surface area contributed by atoms with E-state index < -0.39 is 0 Å². The Labute approximate surface area is 131 Å². The molecule has 22 heavy (non-hydrogen) atoms. The second kappa shape index (κ2) is 6.95. The molecule has 0 bridgehead atoms. The average molecular weight is 313 g/mol. The molecule has 0 atom stereocenters. The molecular weight excluding hydrogens is 298 g/mol. The molecule has 7 heteroatoms. The molecule has 3 aromatic heterocycles. The largest absolute Gasteiger partial charge is 0.354 e. The van der Waals surface area contributed by atoms with Crippen LogP contribution in [0.2, 0.25) is 0 Å². The molecule has 0 spiro atoms. The fourth-order valence-corrected chi connectivity index (χ4v) is 2.67. The van der Waals surface area contributed by atoms with Crippen LogP contribution in [0.25, 0.3) is 11.4 Å². The molecule has 1 amide bonds. The van der Waals surface area contributed by atoms with Crippen LogP contribution in [0.1, 0.15) is 5.56 Å². The van der Waals surface area contributed by atoms with Crippen molar-refractivity contribution in [3.63, 3.8) is 0 Å². The molecule has 0 unspecified atom stereocenters. The molecule has 0 fully saturated rings. The summed E-state index contributed by atoms with van der Waals surface area (Å²) in [5, 5.41) is 11.3. The molecule has 112 valence electrons. The van der Waals surface area contributed by atoms with Crippen molar-refractivity contribution < 1.29 is 4.79 Å². The molecule has 3 heterocycles. The van der Waals surface area contributed by atoms with Gasteiger partial charge in [-0.15, -0.1) is 0 Å². The second-order valence-corrected chi connectivity index (χ2v) is 5.49. The SMILES string of the molecule is O=C(Cc1ccsc1)NCCn1ccc(-c2cnccn2)n1. The van der Waals surface area contributed by atoms with Gasteiger partial charge in [-0.3, -0.25) is 19.4 Å². The summed E-state index contributed by atoms with van der Waals surface area (Å²) < 4.78 is 1.79. The molecule has 0 aromatic carbocycles. The van der Waals surface area contributed by atoms with E-state index in [2.05, 4.69) is 20.4 Å². The average Bonchev–Trinajstić information content (AvgIpc) is 3.20. The number of nitrogens with one attached hydrogen (secondary N) is 1. The van der Waals surface area contributed by atoms with E-state index in [0.717, 1.165) is 17.0 Å². The van der Waals surface area contributed by atoms with E-state index in [1.807, 2.05) is 29.1 Å². The van der Waals surface area contributed by atoms with Crippen molar-refractivity contribution >= 4 is 17.2 Å². The van der Waals surface area contributed by atoms with E-state index in [9.17, 15) is 4.79 Å². The van der Waals surface area contributed by atoms with Crippen LogP contribution in [-0.4, -0.2) is 32.2 Å². The Morgan fingerprint density at radius 3 is 3.00 bits per heavy atom. The Morgan fingerprint density at radius 1 is 1.27 bits per heavy atom. The van der Waals surface area contributed by atoms with Gasteiger partial charge in [0.25, 0.3) is 0 Å². The molecule has 6 nitrogen and oxygen atoms in total. The molecular formula is C15H15N5OS. The van der Waals surface area contributed by atoms with Crippen LogP contribution >= 0.6 is 11.3 Å². The predicted molar refractivity (Wildman–Crippen MR) is 84.3 cm³/mol. The number of carbonyl (C=O) groups is 1. The molecule has 0 aliphatic heterocycles. The van der Waals surface area contributed by atoms with Gasteiger partial charge < -0.3 is 5.32 Å². The Hall–Kier alpha value is -2.54. The number of rotatable bonds is 6. The minimum Gasteiger partial charge on any atom is -0.354 e. The Kier molecular flexibility index (Phi) is 4.55. The van der Waals surface area contributed by atoms with Gasteiger partial charge in [-0.05, 0) is 28.5 Å². The summed E-state index contributed by atoms with van der Waals surface area (Å²) in [5.74, 6) is 0.0275. The van der Waals surface area contributed by atoms with Gasteiger partial charge >= 0.3 is 0 Å². The van der Waals surface area contributed by atoms with E-state index in [4.69, 9.17) is 0 Å². The lowest BCUT2D eigenvalue weighted by Crippen LogP contribution is -2.28. The lowest BCUT2D eigenvalue weighted by molar-refractivity contribution is -0.120. The van der Waals surface area contributed by atoms with Crippen molar-refractivity contribution in [2.45, 2.75) is 13.0 Å². The zero-order chi connectivity index (χ0) is 15.2. The van der Waals surface area contributed by atoms with Crippen LogP contribution in [0.3, 0.4) is 0 Å². The number of nitrogens with zero attached hydrogens (tertiary/aromatic N) is 4. The summed E-state index contributed by atoms with van der Waals surface area (Å²) in [4.78, 5) is 20.0. The van der Waals surface area contributed by atoms with Gasteiger partial charge in [-0.25, -0.2) is 0 Å². The number of carbonyl (C=O) groups excluding carboxylic acids is 1. The Morgan fingerprint density at radius 2 is 2.23 bits per heavy atom. The topological polar surface area (TPSA) is 72.7 Å². The van der Waals surface area contributed by atoms with Crippen molar-refractivity contribution in [2.75, 3.05) is 6.54 Å². The third kappa shape index (κ3) is 3.76. The number of thiophene rings is 1. The van der Waals surface area contributed by atoms with Crippen molar-refractivity contribution in [1.29, 1.82) is 0 Å². The minimum absolute atomic E-state index is 0.0275. The summed E-state index contributed by atoms with van der Waals surface area (Å²) in [6.07, 6.45) is 7.24. The first-order valence-electron chi connectivity index (χ1n) is 6.89. The first-order chi connectivity index (χ1) is 10.8. The summed E-state index contributed by atoms with van der Waals surface area (Å²) >= 11 is 1.60. The number of hydrogen-bond donors (Lipinski definition) is 1. The lowest BCUT2D eigenvalue weighted by atomic mass is 10.2. The van der Waals surface area contributed by atoms with Crippen LogP contribution in [0.15, 0.2) is 47.7 Å². The van der Waals surface area contributed by atoms with Gasteiger partial charge in [0.1, 0.15) is 11.4 Å². The van der Waals surface area contributed by atoms with Gasteiger partial charge in [0.05, 0.1) is 19.2 Å². The van der Waals surface area contributed by atoms with Crippen LogP contribution < -0.4 is 5.32 Å². The van der Waals surface area contributed by atoms with E-state index in [-0.39, 0.29) is 5.91 Å². The third-order valence-electron chi connectivity index (χ3n) is 3.07. The molecule has 0 saturated carbocycles. The summed E-state index contributed by atoms with van der Waals surface area (Å²) in [5.41, 5.74) is 2.56. The monoisotopic (exact) mass is 313 g/mol. The number of aromatic nitrogens is 4. The standard InChI is InChI=1S/C15H15N5OS/c21-15(9-12-2-8-22-11-12)18-5-7-20-6-1-13(19-20)14-10-16-3-4-17-14/h1-4,6,8,10-11H,5,7,9H2,(H,18,21). The molecule has 0 saturated heterocycles. The maximum atomic E-state index is 11.8. The van der Waals surface area contributed by atoms with Crippen LogP contribution in [0.5, 0.6) is 0 Å². The van der Waals surface area contributed by atoms with Crippen molar-refractivity contribution in [1.82, 2.24) is 25.1 Å². The number of amides is 1. The van der Waals surface area contributed by atoms with E-state index in [0.29, 0.717) is 19.5 Å². The number of hydrogen-bond acceptors (Lipinski definition) is 5. The van der Waals surface area contributed by atoms with Crippen molar-refractivity contribution in [2.24, 2.45) is 0 Å². The zero-order valence-corrected chi connectivity index (χ0v) is 12.7. The Bertz CT molecular complexity index is 723. The first-order valence-corrected chi connectivity index (χ1v) is 7.83. The van der Waals surface area contributed by atoms with Crippen LogP contribution in [0, 0.1) is 0 Å². The highest BCUT2D eigenvalue weighted by atomic mass is 32.1. The van der Waals surface area contributed by atoms with Crippen LogP contribution in [-0.2, 0) is 17.8 Å². The molecule has 3 rings (SSSR count). The summed E-state index contributed by atoms with van der Waals surface area (Å²) in [6.45, 7) is 1.17. The van der Waals surface area contributed by atoms with Gasteiger partial charge in [-0.1, -0.05) is 0 Å². The highest BCUT2D eigenvalue weighted by Gasteiger charge is 2.05. The highest BCUT2D eigenvalue weighted by Crippen LogP contribution is 2.11. The molecule has 3 aromatic rings.